The molecule has 0 fully saturated rings. The van der Waals surface area contributed by atoms with Gasteiger partial charge in [-0.3, -0.25) is 5.10 Å². The van der Waals surface area contributed by atoms with Gasteiger partial charge in [0.2, 0.25) is 0 Å². The van der Waals surface area contributed by atoms with E-state index in [0.29, 0.717) is 0 Å². The van der Waals surface area contributed by atoms with Crippen LogP contribution in [0.4, 0.5) is 0 Å². The molecule has 0 radical (unpaired) electrons. The number of hydrogen-bond donors (Lipinski definition) is 1. The van der Waals surface area contributed by atoms with E-state index < -0.39 is 0 Å². The van der Waals surface area contributed by atoms with Crippen molar-refractivity contribution in [3.05, 3.63) is 42.2 Å². The standard InChI is InChI=1S/C11H12N2O/c1-2-9-3-5-10(6-4-9)14-11-7-12-13-8-11/h3-8H,2H2,1H3,(H,12,13). The molecule has 0 aliphatic rings. The van der Waals surface area contributed by atoms with Gasteiger partial charge in [0.1, 0.15) is 5.75 Å². The Balaban J connectivity index is 2.10. The summed E-state index contributed by atoms with van der Waals surface area (Å²) >= 11 is 0. The van der Waals surface area contributed by atoms with Crippen molar-refractivity contribution in [3.8, 4) is 11.5 Å². The van der Waals surface area contributed by atoms with Crippen LogP contribution in [0.2, 0.25) is 0 Å². The van der Waals surface area contributed by atoms with Gasteiger partial charge in [0.05, 0.1) is 12.4 Å². The van der Waals surface area contributed by atoms with E-state index in [1.54, 1.807) is 12.4 Å². The molecule has 3 nitrogen and oxygen atoms in total. The first-order chi connectivity index (χ1) is 6.88. The third kappa shape index (κ3) is 1.93. The Morgan fingerprint density at radius 2 is 2.00 bits per heavy atom. The normalized spacial score (nSPS) is 10.1. The number of hydrogen-bond acceptors (Lipinski definition) is 2. The molecule has 1 N–H and O–H groups in total. The highest BCUT2D eigenvalue weighted by Gasteiger charge is 1.97. The Morgan fingerprint density at radius 3 is 2.57 bits per heavy atom. The summed E-state index contributed by atoms with van der Waals surface area (Å²) in [7, 11) is 0. The van der Waals surface area contributed by atoms with Gasteiger partial charge < -0.3 is 4.74 Å². The van der Waals surface area contributed by atoms with Gasteiger partial charge in [0.25, 0.3) is 0 Å². The first-order valence-electron chi connectivity index (χ1n) is 4.64. The van der Waals surface area contributed by atoms with Crippen molar-refractivity contribution in [2.45, 2.75) is 13.3 Å². The quantitative estimate of drug-likeness (QED) is 0.804. The number of rotatable bonds is 3. The number of nitrogens with one attached hydrogen (secondary N) is 1. The van der Waals surface area contributed by atoms with Crippen molar-refractivity contribution in [3.63, 3.8) is 0 Å². The van der Waals surface area contributed by atoms with Crippen LogP contribution in [0.15, 0.2) is 36.7 Å². The molecule has 0 saturated heterocycles. The summed E-state index contributed by atoms with van der Waals surface area (Å²) in [5.41, 5.74) is 1.31. The summed E-state index contributed by atoms with van der Waals surface area (Å²) in [6.45, 7) is 2.13. The average Bonchev–Trinajstić information content (AvgIpc) is 2.72. The molecule has 2 aromatic rings. The van der Waals surface area contributed by atoms with Crippen LogP contribution in [0.3, 0.4) is 0 Å². The second-order valence-electron chi connectivity index (χ2n) is 3.03. The van der Waals surface area contributed by atoms with Crippen molar-refractivity contribution in [1.29, 1.82) is 0 Å². The summed E-state index contributed by atoms with van der Waals surface area (Å²) in [5.74, 6) is 1.57. The minimum absolute atomic E-state index is 0.731. The highest BCUT2D eigenvalue weighted by atomic mass is 16.5. The molecule has 0 saturated carbocycles. The van der Waals surface area contributed by atoms with Gasteiger partial charge in [0.15, 0.2) is 5.75 Å². The third-order valence-corrected chi connectivity index (χ3v) is 2.04. The summed E-state index contributed by atoms with van der Waals surface area (Å²) in [6.07, 6.45) is 4.41. The van der Waals surface area contributed by atoms with Crippen LogP contribution >= 0.6 is 0 Å². The third-order valence-electron chi connectivity index (χ3n) is 2.04. The second kappa shape index (κ2) is 3.96. The van der Waals surface area contributed by atoms with E-state index in [1.807, 2.05) is 12.1 Å². The van der Waals surface area contributed by atoms with Crippen LogP contribution in [0, 0.1) is 0 Å². The lowest BCUT2D eigenvalue weighted by Crippen LogP contribution is -1.83. The Kier molecular flexibility index (Phi) is 2.49. The molecular weight excluding hydrogens is 176 g/mol. The Morgan fingerprint density at radius 1 is 1.21 bits per heavy atom. The first kappa shape index (κ1) is 8.81. The summed E-state index contributed by atoms with van der Waals surface area (Å²) in [4.78, 5) is 0. The number of aromatic nitrogens is 2. The minimum Gasteiger partial charge on any atom is -0.454 e. The topological polar surface area (TPSA) is 37.9 Å². The highest BCUT2D eigenvalue weighted by molar-refractivity contribution is 5.30. The van der Waals surface area contributed by atoms with E-state index in [-0.39, 0.29) is 0 Å². The maximum absolute atomic E-state index is 5.52. The van der Waals surface area contributed by atoms with Gasteiger partial charge in [-0.05, 0) is 24.1 Å². The van der Waals surface area contributed by atoms with Crippen LogP contribution in [0.25, 0.3) is 0 Å². The predicted octanol–water partition coefficient (Wildman–Crippen LogP) is 2.76. The molecule has 0 unspecified atom stereocenters. The van der Waals surface area contributed by atoms with Crippen LogP contribution in [0.5, 0.6) is 11.5 Å². The zero-order valence-corrected chi connectivity index (χ0v) is 8.03. The number of benzene rings is 1. The lowest BCUT2D eigenvalue weighted by Gasteiger charge is -2.02. The Labute approximate surface area is 82.7 Å². The largest absolute Gasteiger partial charge is 0.454 e. The first-order valence-corrected chi connectivity index (χ1v) is 4.64. The maximum atomic E-state index is 5.52. The van der Waals surface area contributed by atoms with Crippen molar-refractivity contribution < 1.29 is 4.74 Å². The molecule has 0 aliphatic carbocycles. The van der Waals surface area contributed by atoms with E-state index in [9.17, 15) is 0 Å². The van der Waals surface area contributed by atoms with Crippen molar-refractivity contribution in [2.75, 3.05) is 0 Å². The van der Waals surface area contributed by atoms with Crippen molar-refractivity contribution in [2.24, 2.45) is 0 Å². The molecule has 0 amide bonds. The second-order valence-corrected chi connectivity index (χ2v) is 3.03. The summed E-state index contributed by atoms with van der Waals surface area (Å²) < 4.78 is 5.52. The average molecular weight is 188 g/mol. The smallest absolute Gasteiger partial charge is 0.165 e. The number of aromatic amines is 1. The fourth-order valence-corrected chi connectivity index (χ4v) is 1.22. The maximum Gasteiger partial charge on any atom is 0.165 e. The van der Waals surface area contributed by atoms with E-state index in [4.69, 9.17) is 4.74 Å². The number of aryl methyl sites for hydroxylation is 1. The van der Waals surface area contributed by atoms with Crippen LogP contribution in [0.1, 0.15) is 12.5 Å². The monoisotopic (exact) mass is 188 g/mol. The molecular formula is C11H12N2O. The van der Waals surface area contributed by atoms with E-state index in [0.717, 1.165) is 17.9 Å². The molecule has 0 atom stereocenters. The van der Waals surface area contributed by atoms with E-state index in [2.05, 4.69) is 29.3 Å². The fraction of sp³-hybridized carbons (Fsp3) is 0.182. The number of ether oxygens (including phenoxy) is 1. The number of H-pyrrole nitrogens is 1. The molecule has 72 valence electrons. The molecule has 2 rings (SSSR count). The van der Waals surface area contributed by atoms with E-state index >= 15 is 0 Å². The molecule has 0 aliphatic heterocycles. The molecule has 0 spiro atoms. The zero-order chi connectivity index (χ0) is 9.80. The zero-order valence-electron chi connectivity index (χ0n) is 8.03. The predicted molar refractivity (Wildman–Crippen MR) is 54.5 cm³/mol. The van der Waals surface area contributed by atoms with Gasteiger partial charge in [-0.25, -0.2) is 0 Å². The van der Waals surface area contributed by atoms with Crippen molar-refractivity contribution in [1.82, 2.24) is 10.2 Å². The van der Waals surface area contributed by atoms with Gasteiger partial charge in [0, 0.05) is 0 Å². The molecule has 3 heteroatoms. The lowest BCUT2D eigenvalue weighted by molar-refractivity contribution is 0.483. The van der Waals surface area contributed by atoms with Gasteiger partial charge >= 0.3 is 0 Å². The molecule has 14 heavy (non-hydrogen) atoms. The fourth-order valence-electron chi connectivity index (χ4n) is 1.22. The SMILES string of the molecule is CCc1ccc(Oc2cn[nH]c2)cc1. The van der Waals surface area contributed by atoms with Gasteiger partial charge in [-0.1, -0.05) is 19.1 Å². The van der Waals surface area contributed by atoms with Gasteiger partial charge in [-0.2, -0.15) is 5.10 Å². The molecule has 1 heterocycles. The molecule has 0 bridgehead atoms. The van der Waals surface area contributed by atoms with E-state index in [1.165, 1.54) is 5.56 Å². The molecule has 1 aromatic heterocycles. The van der Waals surface area contributed by atoms with Crippen LogP contribution in [-0.2, 0) is 6.42 Å². The Hall–Kier alpha value is -1.77. The Bertz CT molecular complexity index is 378. The summed E-state index contributed by atoms with van der Waals surface area (Å²) in [5, 5.41) is 6.50. The molecule has 1 aromatic carbocycles. The number of nitrogens with zero attached hydrogens (tertiary/aromatic N) is 1. The lowest BCUT2D eigenvalue weighted by atomic mass is 10.2. The van der Waals surface area contributed by atoms with Crippen LogP contribution in [-0.4, -0.2) is 10.2 Å². The van der Waals surface area contributed by atoms with Crippen molar-refractivity contribution >= 4 is 0 Å². The van der Waals surface area contributed by atoms with Gasteiger partial charge in [-0.15, -0.1) is 0 Å². The minimum atomic E-state index is 0.731. The highest BCUT2D eigenvalue weighted by Crippen LogP contribution is 2.19. The van der Waals surface area contributed by atoms with Crippen LogP contribution < -0.4 is 4.74 Å². The summed E-state index contributed by atoms with van der Waals surface area (Å²) in [6, 6.07) is 8.06.